The summed E-state index contributed by atoms with van der Waals surface area (Å²) in [5.74, 6) is -0.309. The number of nitrogens with one attached hydrogen (secondary N) is 1. The minimum absolute atomic E-state index is 0.0481. The highest BCUT2D eigenvalue weighted by atomic mass is 16.4. The van der Waals surface area contributed by atoms with Crippen molar-refractivity contribution in [2.45, 2.75) is 0 Å². The zero-order valence-electron chi connectivity index (χ0n) is 6.11. The number of rotatable bonds is 3. The first-order valence-corrected chi connectivity index (χ1v) is 3.12. The highest BCUT2D eigenvalue weighted by Gasteiger charge is 2.05. The number of aliphatic carboxylic acids is 1. The molecule has 0 aliphatic heterocycles. The average Bonchev–Trinajstić information content (AvgIpc) is 2.35. The van der Waals surface area contributed by atoms with Crippen LogP contribution in [0.5, 0.6) is 0 Å². The lowest BCUT2D eigenvalue weighted by Gasteiger charge is -2.11. The summed E-state index contributed by atoms with van der Waals surface area (Å²) in [4.78, 5) is 18.4. The Kier molecular flexibility index (Phi) is 2.10. The second kappa shape index (κ2) is 3.05. The Balaban J connectivity index is 2.56. The number of aromatic nitrogens is 2. The zero-order valence-corrected chi connectivity index (χ0v) is 6.11. The molecule has 0 radical (unpaired) electrons. The van der Waals surface area contributed by atoms with E-state index in [1.165, 1.54) is 4.90 Å². The van der Waals surface area contributed by atoms with Gasteiger partial charge in [-0.2, -0.15) is 0 Å². The van der Waals surface area contributed by atoms with Gasteiger partial charge in [0.15, 0.2) is 0 Å². The first kappa shape index (κ1) is 7.59. The average molecular weight is 155 g/mol. The van der Waals surface area contributed by atoms with Crippen LogP contribution in [0.1, 0.15) is 0 Å². The Morgan fingerprint density at radius 2 is 2.64 bits per heavy atom. The Bertz CT molecular complexity index is 232. The molecule has 60 valence electrons. The molecule has 0 aliphatic rings. The first-order chi connectivity index (χ1) is 5.20. The lowest BCUT2D eigenvalue weighted by atomic mass is 10.6. The van der Waals surface area contributed by atoms with Crippen molar-refractivity contribution in [3.8, 4) is 0 Å². The third-order valence-corrected chi connectivity index (χ3v) is 1.22. The summed E-state index contributed by atoms with van der Waals surface area (Å²) in [5.41, 5.74) is 0. The molecule has 1 rings (SSSR count). The van der Waals surface area contributed by atoms with E-state index < -0.39 is 5.97 Å². The lowest BCUT2D eigenvalue weighted by molar-refractivity contribution is -0.135. The quantitative estimate of drug-likeness (QED) is 0.641. The molecule has 1 aromatic rings. The summed E-state index contributed by atoms with van der Waals surface area (Å²) in [6.45, 7) is -0.0481. The van der Waals surface area contributed by atoms with E-state index in [1.807, 2.05) is 0 Å². The number of aromatic amines is 1. The van der Waals surface area contributed by atoms with E-state index in [2.05, 4.69) is 9.97 Å². The van der Waals surface area contributed by atoms with Crippen molar-refractivity contribution < 1.29 is 9.90 Å². The van der Waals surface area contributed by atoms with Gasteiger partial charge >= 0.3 is 5.97 Å². The minimum atomic E-state index is -0.871. The number of hydrogen-bond donors (Lipinski definition) is 2. The van der Waals surface area contributed by atoms with Gasteiger partial charge in [-0.05, 0) is 0 Å². The number of carbonyl (C=O) groups is 1. The van der Waals surface area contributed by atoms with Gasteiger partial charge in [-0.3, -0.25) is 4.79 Å². The summed E-state index contributed by atoms with van der Waals surface area (Å²) >= 11 is 0. The maximum absolute atomic E-state index is 10.2. The number of anilines is 1. The molecule has 0 atom stereocenters. The topological polar surface area (TPSA) is 69.2 Å². The normalized spacial score (nSPS) is 9.55. The van der Waals surface area contributed by atoms with Crippen LogP contribution in [0.2, 0.25) is 0 Å². The van der Waals surface area contributed by atoms with E-state index in [9.17, 15) is 4.79 Å². The zero-order chi connectivity index (χ0) is 8.27. The van der Waals surface area contributed by atoms with Crippen LogP contribution < -0.4 is 4.90 Å². The van der Waals surface area contributed by atoms with Crippen LogP contribution in [-0.2, 0) is 4.79 Å². The molecule has 5 heteroatoms. The summed E-state index contributed by atoms with van der Waals surface area (Å²) in [6, 6.07) is 0. The number of nitrogens with zero attached hydrogens (tertiary/aromatic N) is 2. The summed E-state index contributed by atoms with van der Waals surface area (Å²) in [7, 11) is 1.66. The van der Waals surface area contributed by atoms with Gasteiger partial charge in [-0.25, -0.2) is 4.98 Å². The van der Waals surface area contributed by atoms with Gasteiger partial charge in [-0.1, -0.05) is 0 Å². The van der Waals surface area contributed by atoms with Gasteiger partial charge in [0.05, 0.1) is 0 Å². The van der Waals surface area contributed by atoms with Crippen molar-refractivity contribution in [1.82, 2.24) is 9.97 Å². The fourth-order valence-corrected chi connectivity index (χ4v) is 0.743. The number of hydrogen-bond acceptors (Lipinski definition) is 3. The van der Waals surface area contributed by atoms with Crippen LogP contribution in [0.3, 0.4) is 0 Å². The number of carboxylic acids is 1. The van der Waals surface area contributed by atoms with Crippen LogP contribution in [0.25, 0.3) is 0 Å². The predicted octanol–water partition coefficient (Wildman–Crippen LogP) is -0.0695. The van der Waals surface area contributed by atoms with Crippen molar-refractivity contribution in [3.63, 3.8) is 0 Å². The molecule has 1 heterocycles. The Hall–Kier alpha value is -1.52. The fraction of sp³-hybridized carbons (Fsp3) is 0.333. The van der Waals surface area contributed by atoms with Crippen molar-refractivity contribution in [1.29, 1.82) is 0 Å². The molecule has 0 spiro atoms. The summed E-state index contributed by atoms with van der Waals surface area (Å²) < 4.78 is 0. The van der Waals surface area contributed by atoms with Crippen LogP contribution in [0, 0.1) is 0 Å². The monoisotopic (exact) mass is 155 g/mol. The van der Waals surface area contributed by atoms with E-state index in [1.54, 1.807) is 19.4 Å². The lowest BCUT2D eigenvalue weighted by Crippen LogP contribution is -2.25. The molecule has 0 saturated carbocycles. The van der Waals surface area contributed by atoms with E-state index in [0.29, 0.717) is 5.95 Å². The van der Waals surface area contributed by atoms with Gasteiger partial charge < -0.3 is 15.0 Å². The molecule has 0 bridgehead atoms. The largest absolute Gasteiger partial charge is 0.480 e. The molecule has 0 aliphatic carbocycles. The van der Waals surface area contributed by atoms with E-state index in [0.717, 1.165) is 0 Å². The third kappa shape index (κ3) is 1.96. The predicted molar refractivity (Wildman–Crippen MR) is 39.5 cm³/mol. The summed E-state index contributed by atoms with van der Waals surface area (Å²) in [6.07, 6.45) is 3.22. The van der Waals surface area contributed by atoms with Crippen LogP contribution in [-0.4, -0.2) is 34.6 Å². The standard InChI is InChI=1S/C6H9N3O2/c1-9(4-5(10)11)6-7-2-3-8-6/h2-3H,4H2,1H3,(H,7,8)(H,10,11). The van der Waals surface area contributed by atoms with Gasteiger partial charge in [0.25, 0.3) is 0 Å². The Morgan fingerprint density at radius 1 is 1.91 bits per heavy atom. The van der Waals surface area contributed by atoms with E-state index in [-0.39, 0.29) is 6.54 Å². The maximum Gasteiger partial charge on any atom is 0.323 e. The number of carboxylic acid groups (broad SMARTS) is 1. The van der Waals surface area contributed by atoms with Crippen LogP contribution in [0.4, 0.5) is 5.95 Å². The third-order valence-electron chi connectivity index (χ3n) is 1.22. The molecule has 2 N–H and O–H groups in total. The number of imidazole rings is 1. The van der Waals surface area contributed by atoms with E-state index in [4.69, 9.17) is 5.11 Å². The van der Waals surface area contributed by atoms with Crippen molar-refractivity contribution >= 4 is 11.9 Å². The van der Waals surface area contributed by atoms with Gasteiger partial charge in [0.2, 0.25) is 5.95 Å². The second-order valence-corrected chi connectivity index (χ2v) is 2.16. The van der Waals surface area contributed by atoms with Crippen LogP contribution >= 0.6 is 0 Å². The highest BCUT2D eigenvalue weighted by Crippen LogP contribution is 2.00. The van der Waals surface area contributed by atoms with E-state index >= 15 is 0 Å². The molecule has 11 heavy (non-hydrogen) atoms. The van der Waals surface area contributed by atoms with Crippen molar-refractivity contribution in [2.75, 3.05) is 18.5 Å². The molecule has 0 unspecified atom stereocenters. The van der Waals surface area contributed by atoms with Gasteiger partial charge in [0.1, 0.15) is 6.54 Å². The molecule has 0 fully saturated rings. The maximum atomic E-state index is 10.2. The second-order valence-electron chi connectivity index (χ2n) is 2.16. The Labute approximate surface area is 63.7 Å². The number of H-pyrrole nitrogens is 1. The molecule has 0 saturated heterocycles. The molecule has 1 aromatic heterocycles. The smallest absolute Gasteiger partial charge is 0.323 e. The first-order valence-electron chi connectivity index (χ1n) is 3.12. The SMILES string of the molecule is CN(CC(=O)O)c1ncc[nH]1. The molecule has 0 amide bonds. The van der Waals surface area contributed by atoms with Crippen LogP contribution in [0.15, 0.2) is 12.4 Å². The molecule has 0 aromatic carbocycles. The fourth-order valence-electron chi connectivity index (χ4n) is 0.743. The molecule has 5 nitrogen and oxygen atoms in total. The highest BCUT2D eigenvalue weighted by molar-refractivity contribution is 5.72. The molecular formula is C6H9N3O2. The molecular weight excluding hydrogens is 146 g/mol. The van der Waals surface area contributed by atoms with Crippen molar-refractivity contribution in [3.05, 3.63) is 12.4 Å². The minimum Gasteiger partial charge on any atom is -0.480 e. The Morgan fingerprint density at radius 3 is 3.09 bits per heavy atom. The summed E-state index contributed by atoms with van der Waals surface area (Å²) in [5, 5.41) is 8.40. The number of likely N-dealkylation sites (N-methyl/N-ethyl adjacent to an activating group) is 1. The van der Waals surface area contributed by atoms with Gasteiger partial charge in [0, 0.05) is 19.4 Å². The van der Waals surface area contributed by atoms with Gasteiger partial charge in [-0.15, -0.1) is 0 Å². The van der Waals surface area contributed by atoms with Crippen molar-refractivity contribution in [2.24, 2.45) is 0 Å².